The van der Waals surface area contributed by atoms with Crippen molar-refractivity contribution in [2.45, 2.75) is 44.4 Å². The van der Waals surface area contributed by atoms with E-state index in [1.165, 1.54) is 37.7 Å². The van der Waals surface area contributed by atoms with Gasteiger partial charge in [-0.1, -0.05) is 12.5 Å². The van der Waals surface area contributed by atoms with Crippen molar-refractivity contribution in [1.29, 1.82) is 0 Å². The molecule has 0 N–H and O–H groups in total. The summed E-state index contributed by atoms with van der Waals surface area (Å²) in [4.78, 5) is 0. The molecule has 0 fully saturated rings. The molecule has 0 heterocycles. The first-order valence-corrected chi connectivity index (χ1v) is 7.11. The third-order valence-electron chi connectivity index (χ3n) is 3.72. The number of aryl methyl sites for hydroxylation is 1. The minimum Gasteiger partial charge on any atom is -0.497 e. The maximum absolute atomic E-state index is 5.74. The lowest BCUT2D eigenvalue weighted by Gasteiger charge is -2.26. The molecule has 0 aliphatic heterocycles. The van der Waals surface area contributed by atoms with E-state index >= 15 is 0 Å². The van der Waals surface area contributed by atoms with Gasteiger partial charge in [0.25, 0.3) is 0 Å². The normalized spacial score (nSPS) is 18.8. The Balaban J connectivity index is 2.08. The zero-order valence-electron chi connectivity index (χ0n) is 10.5. The first kappa shape index (κ1) is 12.8. The lowest BCUT2D eigenvalue weighted by Crippen LogP contribution is -2.10. The molecule has 0 saturated heterocycles. The van der Waals surface area contributed by atoms with Gasteiger partial charge in [0.1, 0.15) is 5.75 Å². The number of fused-ring (bicyclic) bond motifs is 1. The van der Waals surface area contributed by atoms with E-state index in [0.717, 1.165) is 24.0 Å². The van der Waals surface area contributed by atoms with Gasteiger partial charge in [0, 0.05) is 5.88 Å². The number of benzene rings is 1. The molecule has 0 spiro atoms. The van der Waals surface area contributed by atoms with Gasteiger partial charge in [-0.2, -0.15) is 0 Å². The Morgan fingerprint density at radius 2 is 2.24 bits per heavy atom. The molecule has 17 heavy (non-hydrogen) atoms. The predicted molar refractivity (Wildman–Crippen MR) is 73.2 cm³/mol. The highest BCUT2D eigenvalue weighted by atomic mass is 35.5. The Hall–Kier alpha value is -0.690. The molecule has 0 aromatic heterocycles. The number of alkyl halides is 1. The molecule has 2 rings (SSSR count). The molecule has 94 valence electrons. The molecular formula is C15H21ClO. The first-order chi connectivity index (χ1) is 8.35. The quantitative estimate of drug-likeness (QED) is 0.553. The Morgan fingerprint density at radius 1 is 1.35 bits per heavy atom. The lowest BCUT2D eigenvalue weighted by atomic mass is 9.80. The van der Waals surface area contributed by atoms with Crippen molar-refractivity contribution >= 4 is 11.6 Å². The van der Waals surface area contributed by atoms with Crippen LogP contribution in [0.5, 0.6) is 5.75 Å². The maximum Gasteiger partial charge on any atom is 0.119 e. The molecule has 1 nitrogen and oxygen atoms in total. The van der Waals surface area contributed by atoms with Gasteiger partial charge in [0.2, 0.25) is 0 Å². The summed E-state index contributed by atoms with van der Waals surface area (Å²) < 4.78 is 5.30. The second kappa shape index (κ2) is 6.30. The van der Waals surface area contributed by atoms with Crippen LogP contribution in [-0.2, 0) is 6.42 Å². The topological polar surface area (TPSA) is 9.23 Å². The van der Waals surface area contributed by atoms with Gasteiger partial charge in [-0.3, -0.25) is 0 Å². The van der Waals surface area contributed by atoms with Crippen molar-refractivity contribution in [3.63, 3.8) is 0 Å². The summed E-state index contributed by atoms with van der Waals surface area (Å²) in [6, 6.07) is 6.57. The van der Waals surface area contributed by atoms with Crippen LogP contribution in [-0.4, -0.2) is 13.0 Å². The number of hydrogen-bond acceptors (Lipinski definition) is 1. The summed E-state index contributed by atoms with van der Waals surface area (Å²) in [6.07, 6.45) is 7.53. The molecule has 1 aromatic rings. The van der Waals surface area contributed by atoms with Crippen molar-refractivity contribution in [3.8, 4) is 5.75 Å². The molecule has 2 heteroatoms. The van der Waals surface area contributed by atoms with Crippen LogP contribution in [0, 0.1) is 0 Å². The number of rotatable bonds is 5. The molecule has 1 atom stereocenters. The second-order valence-corrected chi connectivity index (χ2v) is 5.22. The summed E-state index contributed by atoms with van der Waals surface area (Å²) in [5.41, 5.74) is 3.04. The number of unbranched alkanes of at least 4 members (excludes halogenated alkanes) is 1. The standard InChI is InChI=1S/C15H21ClO/c1-17-14-8-9-15-12(5-2-3-10-16)6-4-7-13(15)11-14/h8-9,11-12H,2-7,10H2,1H3/t12-/m0/s1. The molecule has 0 saturated carbocycles. The molecule has 1 aromatic carbocycles. The lowest BCUT2D eigenvalue weighted by molar-refractivity contribution is 0.412. The number of halogens is 1. The number of ether oxygens (including phenoxy) is 1. The fraction of sp³-hybridized carbons (Fsp3) is 0.600. The molecule has 0 bridgehead atoms. The van der Waals surface area contributed by atoms with Crippen LogP contribution in [0.2, 0.25) is 0 Å². The van der Waals surface area contributed by atoms with Crippen molar-refractivity contribution in [3.05, 3.63) is 29.3 Å². The highest BCUT2D eigenvalue weighted by Crippen LogP contribution is 2.36. The van der Waals surface area contributed by atoms with E-state index in [1.807, 2.05) is 0 Å². The van der Waals surface area contributed by atoms with E-state index < -0.39 is 0 Å². The van der Waals surface area contributed by atoms with Crippen molar-refractivity contribution in [1.82, 2.24) is 0 Å². The van der Waals surface area contributed by atoms with Gasteiger partial charge in [0.05, 0.1) is 7.11 Å². The van der Waals surface area contributed by atoms with Crippen LogP contribution in [0.3, 0.4) is 0 Å². The van der Waals surface area contributed by atoms with E-state index in [0.29, 0.717) is 0 Å². The van der Waals surface area contributed by atoms with Crippen molar-refractivity contribution in [2.75, 3.05) is 13.0 Å². The average molecular weight is 253 g/mol. The average Bonchev–Trinajstić information content (AvgIpc) is 2.38. The first-order valence-electron chi connectivity index (χ1n) is 6.58. The molecule has 0 unspecified atom stereocenters. The van der Waals surface area contributed by atoms with Crippen molar-refractivity contribution < 1.29 is 4.74 Å². The smallest absolute Gasteiger partial charge is 0.119 e. The van der Waals surface area contributed by atoms with Gasteiger partial charge >= 0.3 is 0 Å². The summed E-state index contributed by atoms with van der Waals surface area (Å²) in [5.74, 6) is 2.53. The second-order valence-electron chi connectivity index (χ2n) is 4.84. The minimum absolute atomic E-state index is 0.743. The van der Waals surface area contributed by atoms with E-state index in [4.69, 9.17) is 16.3 Å². The molecule has 0 radical (unpaired) electrons. The highest BCUT2D eigenvalue weighted by molar-refractivity contribution is 6.17. The number of hydrogen-bond donors (Lipinski definition) is 0. The Labute approximate surface area is 109 Å². The summed E-state index contributed by atoms with van der Waals surface area (Å²) in [7, 11) is 1.74. The van der Waals surface area contributed by atoms with Crippen LogP contribution >= 0.6 is 11.6 Å². The predicted octanol–water partition coefficient (Wildman–Crippen LogP) is 4.52. The molecule has 1 aliphatic carbocycles. The van der Waals surface area contributed by atoms with E-state index in [-0.39, 0.29) is 0 Å². The third-order valence-corrected chi connectivity index (χ3v) is 3.99. The van der Waals surface area contributed by atoms with Gasteiger partial charge in [-0.05, 0) is 61.3 Å². The fourth-order valence-electron chi connectivity index (χ4n) is 2.80. The van der Waals surface area contributed by atoms with E-state index in [9.17, 15) is 0 Å². The molecule has 1 aliphatic rings. The van der Waals surface area contributed by atoms with E-state index in [1.54, 1.807) is 12.7 Å². The highest BCUT2D eigenvalue weighted by Gasteiger charge is 2.19. The van der Waals surface area contributed by atoms with Crippen LogP contribution < -0.4 is 4.74 Å². The largest absolute Gasteiger partial charge is 0.497 e. The Kier molecular flexibility index (Phi) is 4.73. The third kappa shape index (κ3) is 3.16. The Morgan fingerprint density at radius 3 is 3.00 bits per heavy atom. The fourth-order valence-corrected chi connectivity index (χ4v) is 2.99. The van der Waals surface area contributed by atoms with Crippen LogP contribution in [0.4, 0.5) is 0 Å². The van der Waals surface area contributed by atoms with Gasteiger partial charge in [-0.15, -0.1) is 11.6 Å². The van der Waals surface area contributed by atoms with Gasteiger partial charge in [0.15, 0.2) is 0 Å². The van der Waals surface area contributed by atoms with Crippen LogP contribution in [0.25, 0.3) is 0 Å². The zero-order chi connectivity index (χ0) is 12.1. The molecule has 0 amide bonds. The van der Waals surface area contributed by atoms with Crippen molar-refractivity contribution in [2.24, 2.45) is 0 Å². The number of methoxy groups -OCH3 is 1. The zero-order valence-corrected chi connectivity index (χ0v) is 11.3. The van der Waals surface area contributed by atoms with Crippen LogP contribution in [0.1, 0.15) is 49.1 Å². The SMILES string of the molecule is COc1ccc2c(c1)CCC[C@@H]2CCCCCl. The monoisotopic (exact) mass is 252 g/mol. The van der Waals surface area contributed by atoms with Gasteiger partial charge < -0.3 is 4.74 Å². The van der Waals surface area contributed by atoms with Gasteiger partial charge in [-0.25, -0.2) is 0 Å². The minimum atomic E-state index is 0.743. The Bertz CT molecular complexity index is 362. The molecular weight excluding hydrogens is 232 g/mol. The summed E-state index contributed by atoms with van der Waals surface area (Å²) >= 11 is 5.74. The van der Waals surface area contributed by atoms with E-state index in [2.05, 4.69) is 18.2 Å². The summed E-state index contributed by atoms with van der Waals surface area (Å²) in [5, 5.41) is 0. The van der Waals surface area contributed by atoms with Crippen LogP contribution in [0.15, 0.2) is 18.2 Å². The maximum atomic E-state index is 5.74. The summed E-state index contributed by atoms with van der Waals surface area (Å²) in [6.45, 7) is 0.